The molecule has 0 saturated carbocycles. The molecule has 0 aliphatic rings. The Kier molecular flexibility index (Phi) is 5.73. The predicted octanol–water partition coefficient (Wildman–Crippen LogP) is 5.46. The topological polar surface area (TPSA) is 63.7 Å². The van der Waals surface area contributed by atoms with Crippen molar-refractivity contribution < 1.29 is 4.74 Å². The largest absolute Gasteiger partial charge is 0.497 e. The van der Waals surface area contributed by atoms with Gasteiger partial charge >= 0.3 is 0 Å². The van der Waals surface area contributed by atoms with Crippen molar-refractivity contribution in [3.8, 4) is 27.7 Å². The van der Waals surface area contributed by atoms with Crippen LogP contribution in [0.4, 0.5) is 0 Å². The first kappa shape index (κ1) is 18.7. The number of nitrogens with zero attached hydrogens (tertiary/aromatic N) is 3. The molecule has 28 heavy (non-hydrogen) atoms. The monoisotopic (exact) mass is 408 g/mol. The standard InChI is InChI=1S/C21H20N4OS2/c1-3-14-4-6-16(7-5-14)20-22-17(12-27-20)13-28-21-23-19(24-25-21)15-8-10-18(26-2)11-9-15/h4-12H,3,13H2,1-2H3,(H,23,24,25). The van der Waals surface area contributed by atoms with Crippen LogP contribution in [-0.2, 0) is 12.2 Å². The molecule has 0 unspecified atom stereocenters. The molecule has 7 heteroatoms. The number of nitrogens with one attached hydrogen (secondary N) is 1. The van der Waals surface area contributed by atoms with Gasteiger partial charge in [0.05, 0.1) is 12.8 Å². The Morgan fingerprint density at radius 3 is 2.46 bits per heavy atom. The van der Waals surface area contributed by atoms with Crippen molar-refractivity contribution in [2.75, 3.05) is 7.11 Å². The summed E-state index contributed by atoms with van der Waals surface area (Å²) in [7, 11) is 1.66. The van der Waals surface area contributed by atoms with Crippen LogP contribution in [0.25, 0.3) is 22.0 Å². The van der Waals surface area contributed by atoms with Gasteiger partial charge in [-0.3, -0.25) is 5.10 Å². The van der Waals surface area contributed by atoms with Gasteiger partial charge in [-0.2, -0.15) is 0 Å². The van der Waals surface area contributed by atoms with Crippen molar-refractivity contribution in [3.05, 3.63) is 65.2 Å². The predicted molar refractivity (Wildman–Crippen MR) is 115 cm³/mol. The van der Waals surface area contributed by atoms with E-state index >= 15 is 0 Å². The Balaban J connectivity index is 1.39. The quantitative estimate of drug-likeness (QED) is 0.412. The van der Waals surface area contributed by atoms with Gasteiger partial charge in [0.1, 0.15) is 10.8 Å². The molecular formula is C21H20N4OS2. The third kappa shape index (κ3) is 4.26. The first-order valence-electron chi connectivity index (χ1n) is 8.98. The summed E-state index contributed by atoms with van der Waals surface area (Å²) in [5.41, 5.74) is 4.53. The fourth-order valence-corrected chi connectivity index (χ4v) is 4.34. The number of methoxy groups -OCH3 is 1. The number of H-pyrrole nitrogens is 1. The zero-order valence-corrected chi connectivity index (χ0v) is 17.3. The number of ether oxygens (including phenoxy) is 1. The summed E-state index contributed by atoms with van der Waals surface area (Å²) >= 11 is 3.25. The number of thiazole rings is 1. The van der Waals surface area contributed by atoms with Gasteiger partial charge in [0.25, 0.3) is 0 Å². The van der Waals surface area contributed by atoms with Crippen molar-refractivity contribution in [3.63, 3.8) is 0 Å². The van der Waals surface area contributed by atoms with Crippen LogP contribution in [0.15, 0.2) is 59.1 Å². The third-order valence-corrected chi connectivity index (χ3v) is 6.16. The van der Waals surface area contributed by atoms with E-state index in [-0.39, 0.29) is 0 Å². The number of aromatic amines is 1. The number of aryl methyl sites for hydroxylation is 1. The van der Waals surface area contributed by atoms with Crippen LogP contribution in [0.5, 0.6) is 5.75 Å². The SMILES string of the molecule is CCc1ccc(-c2nc(CSc3n[nH]c(-c4ccc(OC)cc4)n3)cs2)cc1. The minimum atomic E-state index is 0.715. The number of hydrogen-bond donors (Lipinski definition) is 1. The average molecular weight is 409 g/mol. The van der Waals surface area contributed by atoms with Gasteiger partial charge in [-0.05, 0) is 36.2 Å². The molecule has 0 bridgehead atoms. The van der Waals surface area contributed by atoms with E-state index in [2.05, 4.69) is 51.8 Å². The van der Waals surface area contributed by atoms with Gasteiger partial charge in [-0.25, -0.2) is 9.97 Å². The molecular weight excluding hydrogens is 388 g/mol. The highest BCUT2D eigenvalue weighted by molar-refractivity contribution is 7.98. The van der Waals surface area contributed by atoms with Crippen LogP contribution in [0, 0.1) is 0 Å². The lowest BCUT2D eigenvalue weighted by Gasteiger charge is -1.99. The van der Waals surface area contributed by atoms with E-state index in [9.17, 15) is 0 Å². The fraction of sp³-hybridized carbons (Fsp3) is 0.190. The van der Waals surface area contributed by atoms with Crippen molar-refractivity contribution >= 4 is 23.1 Å². The summed E-state index contributed by atoms with van der Waals surface area (Å²) in [5.74, 6) is 2.31. The molecule has 4 aromatic rings. The van der Waals surface area contributed by atoms with Crippen LogP contribution < -0.4 is 4.74 Å². The fourth-order valence-electron chi connectivity index (χ4n) is 2.72. The highest BCUT2D eigenvalue weighted by Gasteiger charge is 2.09. The van der Waals surface area contributed by atoms with Crippen molar-refractivity contribution in [1.29, 1.82) is 0 Å². The molecule has 2 heterocycles. The molecule has 1 N–H and O–H groups in total. The lowest BCUT2D eigenvalue weighted by molar-refractivity contribution is 0.415. The van der Waals surface area contributed by atoms with Crippen LogP contribution in [0.3, 0.4) is 0 Å². The van der Waals surface area contributed by atoms with Crippen molar-refractivity contribution in [2.45, 2.75) is 24.3 Å². The summed E-state index contributed by atoms with van der Waals surface area (Å²) in [6.45, 7) is 2.16. The number of thioether (sulfide) groups is 1. The molecule has 0 radical (unpaired) electrons. The van der Waals surface area contributed by atoms with E-state index in [1.54, 1.807) is 30.2 Å². The Morgan fingerprint density at radius 2 is 1.75 bits per heavy atom. The summed E-state index contributed by atoms with van der Waals surface area (Å²) in [6.07, 6.45) is 1.05. The smallest absolute Gasteiger partial charge is 0.209 e. The van der Waals surface area contributed by atoms with Gasteiger partial charge in [-0.1, -0.05) is 43.0 Å². The second kappa shape index (κ2) is 8.58. The van der Waals surface area contributed by atoms with Gasteiger partial charge < -0.3 is 4.74 Å². The van der Waals surface area contributed by atoms with E-state index < -0.39 is 0 Å². The molecule has 142 valence electrons. The van der Waals surface area contributed by atoms with E-state index in [1.807, 2.05) is 24.3 Å². The minimum absolute atomic E-state index is 0.715. The zero-order chi connectivity index (χ0) is 19.3. The summed E-state index contributed by atoms with van der Waals surface area (Å²) in [4.78, 5) is 9.32. The Labute approximate surface area is 172 Å². The van der Waals surface area contributed by atoms with Crippen LogP contribution in [0.1, 0.15) is 18.2 Å². The first-order valence-corrected chi connectivity index (χ1v) is 10.8. The third-order valence-electron chi connectivity index (χ3n) is 4.34. The van der Waals surface area contributed by atoms with Crippen LogP contribution in [-0.4, -0.2) is 27.3 Å². The molecule has 0 fully saturated rings. The van der Waals surface area contributed by atoms with E-state index in [0.717, 1.165) is 45.6 Å². The molecule has 4 rings (SSSR count). The summed E-state index contributed by atoms with van der Waals surface area (Å²) in [6, 6.07) is 16.4. The minimum Gasteiger partial charge on any atom is -0.497 e. The number of hydrogen-bond acceptors (Lipinski definition) is 6. The first-order chi connectivity index (χ1) is 13.7. The average Bonchev–Trinajstić information content (AvgIpc) is 3.42. The molecule has 0 amide bonds. The lowest BCUT2D eigenvalue weighted by Crippen LogP contribution is -1.85. The number of aromatic nitrogens is 4. The molecule has 0 saturated heterocycles. The maximum atomic E-state index is 5.19. The number of benzene rings is 2. The van der Waals surface area contributed by atoms with Crippen molar-refractivity contribution in [2.24, 2.45) is 0 Å². The number of rotatable bonds is 7. The summed E-state index contributed by atoms with van der Waals surface area (Å²) < 4.78 is 5.19. The lowest BCUT2D eigenvalue weighted by atomic mass is 10.1. The van der Waals surface area contributed by atoms with Crippen molar-refractivity contribution in [1.82, 2.24) is 20.2 Å². The highest BCUT2D eigenvalue weighted by Crippen LogP contribution is 2.28. The zero-order valence-electron chi connectivity index (χ0n) is 15.7. The normalized spacial score (nSPS) is 10.9. The molecule has 2 aromatic carbocycles. The second-order valence-electron chi connectivity index (χ2n) is 6.18. The van der Waals surface area contributed by atoms with E-state index in [1.165, 1.54) is 5.56 Å². The molecule has 0 aliphatic heterocycles. The molecule has 5 nitrogen and oxygen atoms in total. The maximum absolute atomic E-state index is 5.19. The van der Waals surface area contributed by atoms with Gasteiger partial charge in [0.2, 0.25) is 5.16 Å². The molecule has 0 atom stereocenters. The van der Waals surface area contributed by atoms with Crippen LogP contribution in [0.2, 0.25) is 0 Å². The van der Waals surface area contributed by atoms with E-state index in [4.69, 9.17) is 9.72 Å². The Morgan fingerprint density at radius 1 is 1.00 bits per heavy atom. The van der Waals surface area contributed by atoms with Gasteiger partial charge in [-0.15, -0.1) is 16.4 Å². The highest BCUT2D eigenvalue weighted by atomic mass is 32.2. The van der Waals surface area contributed by atoms with Crippen LogP contribution >= 0.6 is 23.1 Å². The maximum Gasteiger partial charge on any atom is 0.209 e. The summed E-state index contributed by atoms with van der Waals surface area (Å²) in [5, 5.41) is 11.2. The molecule has 0 aliphatic carbocycles. The molecule has 2 aromatic heterocycles. The Bertz CT molecular complexity index is 953. The van der Waals surface area contributed by atoms with Gasteiger partial charge in [0, 0.05) is 22.3 Å². The second-order valence-corrected chi connectivity index (χ2v) is 7.98. The Hall–Kier alpha value is -2.64. The van der Waals surface area contributed by atoms with Gasteiger partial charge in [0.15, 0.2) is 5.82 Å². The molecule has 0 spiro atoms. The van der Waals surface area contributed by atoms with E-state index in [0.29, 0.717) is 5.16 Å².